The highest BCUT2D eigenvalue weighted by Gasteiger charge is 2.12. The summed E-state index contributed by atoms with van der Waals surface area (Å²) in [6.45, 7) is 0. The molecule has 3 aromatic rings. The number of aromatic nitrogens is 2. The molecule has 0 aliphatic heterocycles. The van der Waals surface area contributed by atoms with Crippen LogP contribution in [0.5, 0.6) is 11.5 Å². The van der Waals surface area contributed by atoms with E-state index in [0.717, 1.165) is 22.2 Å². The molecule has 6 nitrogen and oxygen atoms in total. The fraction of sp³-hybridized carbons (Fsp3) is 0.118. The highest BCUT2D eigenvalue weighted by molar-refractivity contribution is 7.98. The van der Waals surface area contributed by atoms with Crippen molar-refractivity contribution in [2.75, 3.05) is 14.2 Å². The van der Waals surface area contributed by atoms with Gasteiger partial charge in [0.1, 0.15) is 6.33 Å². The second-order valence-electron chi connectivity index (χ2n) is 5.20. The number of benzene rings is 2. The highest BCUT2D eigenvalue weighted by atomic mass is 32.2. The van der Waals surface area contributed by atoms with Crippen LogP contribution in [0.3, 0.4) is 0 Å². The molecular weight excluding hydrogens is 326 g/mol. The second-order valence-corrected chi connectivity index (χ2v) is 7.12. The Morgan fingerprint density at radius 3 is 2.25 bits per heavy atom. The van der Waals surface area contributed by atoms with Gasteiger partial charge in [0.05, 0.1) is 35.1 Å². The van der Waals surface area contributed by atoms with Gasteiger partial charge in [-0.1, -0.05) is 12.1 Å². The van der Waals surface area contributed by atoms with Crippen molar-refractivity contribution in [2.24, 2.45) is 5.14 Å². The Bertz CT molecular complexity index is 1000. The van der Waals surface area contributed by atoms with Gasteiger partial charge in [-0.25, -0.2) is 14.2 Å². The summed E-state index contributed by atoms with van der Waals surface area (Å²) in [5.41, 5.74) is 2.32. The Hall–Kier alpha value is -2.64. The molecule has 0 saturated heterocycles. The molecule has 0 radical (unpaired) electrons. The van der Waals surface area contributed by atoms with Crippen LogP contribution in [-0.2, 0) is 9.71 Å². The molecule has 124 valence electrons. The van der Waals surface area contributed by atoms with Gasteiger partial charge in [-0.15, -0.1) is 0 Å². The summed E-state index contributed by atoms with van der Waals surface area (Å²) >= 11 is 0. The molecule has 7 heteroatoms. The van der Waals surface area contributed by atoms with Gasteiger partial charge >= 0.3 is 0 Å². The Morgan fingerprint density at radius 2 is 1.67 bits per heavy atom. The van der Waals surface area contributed by atoms with E-state index in [2.05, 4.69) is 15.8 Å². The predicted molar refractivity (Wildman–Crippen MR) is 95.8 cm³/mol. The summed E-state index contributed by atoms with van der Waals surface area (Å²) in [5.74, 6) is 4.68. The van der Waals surface area contributed by atoms with E-state index >= 15 is 0 Å². The van der Waals surface area contributed by atoms with Crippen LogP contribution in [0.4, 0.5) is 0 Å². The molecule has 1 heterocycles. The Labute approximate surface area is 140 Å². The number of methoxy groups -OCH3 is 2. The SMILES string of the molecule is C=S(N)(=O)c1ccc(-c2ncnc3cc(OC)c(OC)cc23)cc1. The fourth-order valence-electron chi connectivity index (χ4n) is 2.46. The normalized spacial score (nSPS) is 13.5. The van der Waals surface area contributed by atoms with Crippen molar-refractivity contribution in [1.82, 2.24) is 9.97 Å². The number of nitrogens with two attached hydrogens (primary N) is 1. The van der Waals surface area contributed by atoms with Crippen LogP contribution >= 0.6 is 0 Å². The first-order valence-corrected chi connectivity index (χ1v) is 8.85. The summed E-state index contributed by atoms with van der Waals surface area (Å²) in [6.07, 6.45) is 1.49. The standard InChI is InChI=1S/C17H17N3O3S/c1-22-15-8-13-14(9-16(15)23-2)19-10-20-17(13)11-4-6-12(7-5-11)24(3,18)21/h4-10H,3H2,1-2H3,(H2,18,21). The summed E-state index contributed by atoms with van der Waals surface area (Å²) in [4.78, 5) is 9.15. The molecule has 2 N–H and O–H groups in total. The maximum absolute atomic E-state index is 11.8. The lowest BCUT2D eigenvalue weighted by atomic mass is 10.1. The van der Waals surface area contributed by atoms with E-state index in [1.54, 1.807) is 32.4 Å². The predicted octanol–water partition coefficient (Wildman–Crippen LogP) is 2.26. The number of rotatable bonds is 4. The first-order valence-electron chi connectivity index (χ1n) is 7.06. The van der Waals surface area contributed by atoms with Crippen molar-refractivity contribution >= 4 is 26.5 Å². The largest absolute Gasteiger partial charge is 0.493 e. The molecule has 0 fully saturated rings. The Kier molecular flexibility index (Phi) is 4.13. The summed E-state index contributed by atoms with van der Waals surface area (Å²) in [5, 5.41) is 6.39. The van der Waals surface area contributed by atoms with Gasteiger partial charge < -0.3 is 9.47 Å². The van der Waals surface area contributed by atoms with E-state index in [1.807, 2.05) is 18.2 Å². The molecule has 1 aromatic heterocycles. The molecule has 0 bridgehead atoms. The van der Waals surface area contributed by atoms with Crippen molar-refractivity contribution in [3.05, 3.63) is 42.7 Å². The molecule has 0 aliphatic rings. The molecule has 0 saturated carbocycles. The van der Waals surface area contributed by atoms with Crippen molar-refractivity contribution in [3.63, 3.8) is 0 Å². The molecule has 1 atom stereocenters. The van der Waals surface area contributed by atoms with Crippen LogP contribution in [0.25, 0.3) is 22.2 Å². The highest BCUT2D eigenvalue weighted by Crippen LogP contribution is 2.35. The van der Waals surface area contributed by atoms with E-state index < -0.39 is 9.71 Å². The Morgan fingerprint density at radius 1 is 1.04 bits per heavy atom. The van der Waals surface area contributed by atoms with E-state index in [9.17, 15) is 4.21 Å². The van der Waals surface area contributed by atoms with Crippen LogP contribution in [0.2, 0.25) is 0 Å². The third kappa shape index (κ3) is 2.91. The van der Waals surface area contributed by atoms with Gasteiger partial charge in [0.25, 0.3) is 0 Å². The van der Waals surface area contributed by atoms with E-state index in [0.29, 0.717) is 16.4 Å². The number of hydrogen-bond donors (Lipinski definition) is 1. The average molecular weight is 343 g/mol. The lowest BCUT2D eigenvalue weighted by molar-refractivity contribution is 0.356. The summed E-state index contributed by atoms with van der Waals surface area (Å²) < 4.78 is 22.5. The van der Waals surface area contributed by atoms with E-state index in [4.69, 9.17) is 14.6 Å². The quantitative estimate of drug-likeness (QED) is 0.734. The number of nitrogens with zero attached hydrogens (tertiary/aromatic N) is 2. The van der Waals surface area contributed by atoms with Gasteiger partial charge in [-0.3, -0.25) is 5.14 Å². The van der Waals surface area contributed by atoms with Crippen LogP contribution < -0.4 is 14.6 Å². The smallest absolute Gasteiger partial charge is 0.162 e. The molecule has 3 rings (SSSR count). The lowest BCUT2D eigenvalue weighted by Crippen LogP contribution is -2.11. The van der Waals surface area contributed by atoms with E-state index in [1.165, 1.54) is 6.33 Å². The minimum Gasteiger partial charge on any atom is -0.493 e. The molecular formula is C17H17N3O3S. The number of ether oxygens (including phenoxy) is 2. The molecule has 2 aromatic carbocycles. The molecule has 24 heavy (non-hydrogen) atoms. The Balaban J connectivity index is 2.19. The average Bonchev–Trinajstić information content (AvgIpc) is 2.59. The van der Waals surface area contributed by atoms with Crippen molar-refractivity contribution in [1.29, 1.82) is 0 Å². The van der Waals surface area contributed by atoms with Gasteiger partial charge in [0, 0.05) is 21.9 Å². The van der Waals surface area contributed by atoms with Crippen LogP contribution in [0.1, 0.15) is 0 Å². The zero-order chi connectivity index (χ0) is 17.3. The number of fused-ring (bicyclic) bond motifs is 1. The van der Waals surface area contributed by atoms with Crippen LogP contribution in [0, 0.1) is 0 Å². The van der Waals surface area contributed by atoms with Crippen molar-refractivity contribution < 1.29 is 13.7 Å². The second kappa shape index (κ2) is 6.10. The number of hydrogen-bond acceptors (Lipinski definition) is 5. The minimum atomic E-state index is -2.73. The van der Waals surface area contributed by atoms with Gasteiger partial charge in [-0.2, -0.15) is 0 Å². The van der Waals surface area contributed by atoms with Crippen LogP contribution in [0.15, 0.2) is 47.6 Å². The summed E-state index contributed by atoms with van der Waals surface area (Å²) in [6, 6.07) is 10.6. The third-order valence-electron chi connectivity index (χ3n) is 3.67. The maximum Gasteiger partial charge on any atom is 0.162 e. The molecule has 0 aliphatic carbocycles. The molecule has 0 spiro atoms. The summed E-state index contributed by atoms with van der Waals surface area (Å²) in [7, 11) is 0.421. The third-order valence-corrected chi connectivity index (χ3v) is 4.74. The monoisotopic (exact) mass is 343 g/mol. The first kappa shape index (κ1) is 16.2. The molecule has 0 amide bonds. The maximum atomic E-state index is 11.8. The lowest BCUT2D eigenvalue weighted by Gasteiger charge is -2.11. The minimum absolute atomic E-state index is 0.490. The van der Waals surface area contributed by atoms with Gasteiger partial charge in [-0.05, 0) is 24.1 Å². The van der Waals surface area contributed by atoms with Crippen molar-refractivity contribution in [2.45, 2.75) is 4.90 Å². The fourth-order valence-corrected chi connectivity index (χ4v) is 3.05. The van der Waals surface area contributed by atoms with Gasteiger partial charge in [0.2, 0.25) is 0 Å². The zero-order valence-corrected chi connectivity index (χ0v) is 14.2. The first-order chi connectivity index (χ1) is 11.4. The van der Waals surface area contributed by atoms with Crippen molar-refractivity contribution in [3.8, 4) is 22.8 Å². The van der Waals surface area contributed by atoms with Gasteiger partial charge in [0.15, 0.2) is 11.5 Å². The zero-order valence-electron chi connectivity index (χ0n) is 13.4. The van der Waals surface area contributed by atoms with Crippen LogP contribution in [-0.4, -0.2) is 34.3 Å². The topological polar surface area (TPSA) is 87.3 Å². The molecule has 1 unspecified atom stereocenters. The van der Waals surface area contributed by atoms with E-state index in [-0.39, 0.29) is 0 Å².